The Labute approximate surface area is 110 Å². The highest BCUT2D eigenvalue weighted by Gasteiger charge is 2.19. The first-order valence-electron chi connectivity index (χ1n) is 6.02. The van der Waals surface area contributed by atoms with Gasteiger partial charge in [-0.15, -0.1) is 0 Å². The van der Waals surface area contributed by atoms with Crippen molar-refractivity contribution in [2.24, 2.45) is 7.05 Å². The van der Waals surface area contributed by atoms with Crippen LogP contribution in [-0.2, 0) is 7.05 Å². The smallest absolute Gasteiger partial charge is 0.124 e. The maximum Gasteiger partial charge on any atom is 0.124 e. The summed E-state index contributed by atoms with van der Waals surface area (Å²) in [6, 6.07) is 11.6. The number of nitrogens with one attached hydrogen (secondary N) is 1. The lowest BCUT2D eigenvalue weighted by atomic mass is 10.0. The molecular weight excluding hydrogens is 240 g/mol. The normalized spacial score (nSPS) is 12.5. The van der Waals surface area contributed by atoms with E-state index in [9.17, 15) is 5.11 Å². The minimum absolute atomic E-state index is 0.735. The second-order valence-electron chi connectivity index (χ2n) is 4.35. The number of aromatic nitrogens is 4. The van der Waals surface area contributed by atoms with Gasteiger partial charge in [0.05, 0.1) is 17.6 Å². The molecule has 5 heteroatoms. The lowest BCUT2D eigenvalue weighted by molar-refractivity contribution is 0.210. The summed E-state index contributed by atoms with van der Waals surface area (Å²) in [6.45, 7) is 0. The number of aryl methyl sites for hydroxylation is 1. The number of rotatable bonds is 3. The molecule has 0 bridgehead atoms. The van der Waals surface area contributed by atoms with E-state index >= 15 is 0 Å². The predicted molar refractivity (Wildman–Crippen MR) is 71.3 cm³/mol. The zero-order valence-electron chi connectivity index (χ0n) is 10.5. The standard InChI is InChI=1S/C14H14N4O/c1-18-12(7-8-16-18)14(19)11-9-15-17-13(11)10-5-3-2-4-6-10/h2-9,14,19H,1H3,(H,15,17). The van der Waals surface area contributed by atoms with E-state index in [4.69, 9.17) is 0 Å². The van der Waals surface area contributed by atoms with Crippen LogP contribution in [-0.4, -0.2) is 25.1 Å². The molecule has 3 aromatic rings. The van der Waals surface area contributed by atoms with Gasteiger partial charge in [-0.05, 0) is 11.6 Å². The third kappa shape index (κ3) is 2.04. The molecule has 0 aliphatic carbocycles. The molecule has 0 spiro atoms. The van der Waals surface area contributed by atoms with Gasteiger partial charge in [0.15, 0.2) is 0 Å². The zero-order valence-corrected chi connectivity index (χ0v) is 10.5. The molecule has 0 saturated carbocycles. The van der Waals surface area contributed by atoms with Gasteiger partial charge in [-0.1, -0.05) is 30.3 Å². The topological polar surface area (TPSA) is 66.7 Å². The summed E-state index contributed by atoms with van der Waals surface area (Å²) >= 11 is 0. The number of nitrogens with zero attached hydrogens (tertiary/aromatic N) is 3. The van der Waals surface area contributed by atoms with Crippen LogP contribution in [0.2, 0.25) is 0 Å². The van der Waals surface area contributed by atoms with Crippen LogP contribution in [0.4, 0.5) is 0 Å². The van der Waals surface area contributed by atoms with E-state index in [1.165, 1.54) is 0 Å². The Morgan fingerprint density at radius 2 is 2.00 bits per heavy atom. The maximum atomic E-state index is 10.5. The Balaban J connectivity index is 2.04. The first kappa shape index (κ1) is 11.7. The highest BCUT2D eigenvalue weighted by molar-refractivity contribution is 5.63. The maximum absolute atomic E-state index is 10.5. The number of H-pyrrole nitrogens is 1. The molecule has 1 atom stereocenters. The van der Waals surface area contributed by atoms with Crippen LogP contribution < -0.4 is 0 Å². The van der Waals surface area contributed by atoms with Crippen molar-refractivity contribution in [3.63, 3.8) is 0 Å². The fourth-order valence-electron chi connectivity index (χ4n) is 2.15. The molecule has 2 N–H and O–H groups in total. The van der Waals surface area contributed by atoms with Crippen molar-refractivity contribution in [2.45, 2.75) is 6.10 Å². The summed E-state index contributed by atoms with van der Waals surface area (Å²) in [5.41, 5.74) is 3.30. The second-order valence-corrected chi connectivity index (χ2v) is 4.35. The zero-order chi connectivity index (χ0) is 13.2. The molecule has 0 radical (unpaired) electrons. The van der Waals surface area contributed by atoms with Crippen LogP contribution in [0.1, 0.15) is 17.4 Å². The van der Waals surface area contributed by atoms with Crippen molar-refractivity contribution >= 4 is 0 Å². The Kier molecular flexibility index (Phi) is 2.89. The van der Waals surface area contributed by atoms with Gasteiger partial charge in [0, 0.05) is 18.8 Å². The number of aliphatic hydroxyl groups is 1. The molecule has 0 fully saturated rings. The number of aromatic amines is 1. The van der Waals surface area contributed by atoms with Crippen molar-refractivity contribution in [3.05, 3.63) is 60.0 Å². The Morgan fingerprint density at radius 1 is 1.21 bits per heavy atom. The minimum atomic E-state index is -0.749. The van der Waals surface area contributed by atoms with Gasteiger partial charge in [0.25, 0.3) is 0 Å². The van der Waals surface area contributed by atoms with Crippen molar-refractivity contribution in [1.29, 1.82) is 0 Å². The lowest BCUT2D eigenvalue weighted by Gasteiger charge is -2.11. The molecule has 1 unspecified atom stereocenters. The largest absolute Gasteiger partial charge is 0.382 e. The predicted octanol–water partition coefficient (Wildman–Crippen LogP) is 1.89. The van der Waals surface area contributed by atoms with E-state index in [1.54, 1.807) is 30.2 Å². The molecule has 0 saturated heterocycles. The van der Waals surface area contributed by atoms with Crippen LogP contribution in [0.3, 0.4) is 0 Å². The van der Waals surface area contributed by atoms with Gasteiger partial charge < -0.3 is 5.11 Å². The first-order chi connectivity index (χ1) is 9.27. The van der Waals surface area contributed by atoms with E-state index in [0.29, 0.717) is 0 Å². The molecule has 3 rings (SSSR count). The van der Waals surface area contributed by atoms with E-state index in [1.807, 2.05) is 30.3 Å². The van der Waals surface area contributed by atoms with E-state index in [-0.39, 0.29) is 0 Å². The first-order valence-corrected chi connectivity index (χ1v) is 6.02. The molecule has 0 aliphatic rings. The molecular formula is C14H14N4O. The third-order valence-corrected chi connectivity index (χ3v) is 3.16. The highest BCUT2D eigenvalue weighted by Crippen LogP contribution is 2.29. The summed E-state index contributed by atoms with van der Waals surface area (Å²) in [7, 11) is 1.81. The van der Waals surface area contributed by atoms with E-state index in [0.717, 1.165) is 22.5 Å². The van der Waals surface area contributed by atoms with Crippen molar-refractivity contribution in [3.8, 4) is 11.3 Å². The summed E-state index contributed by atoms with van der Waals surface area (Å²) in [6.07, 6.45) is 2.57. The van der Waals surface area contributed by atoms with Gasteiger partial charge >= 0.3 is 0 Å². The lowest BCUT2D eigenvalue weighted by Crippen LogP contribution is -2.06. The number of hydrogen-bond acceptors (Lipinski definition) is 3. The molecule has 2 heterocycles. The van der Waals surface area contributed by atoms with Gasteiger partial charge in [-0.3, -0.25) is 9.78 Å². The molecule has 1 aromatic carbocycles. The number of hydrogen-bond donors (Lipinski definition) is 2. The molecule has 2 aromatic heterocycles. The number of aliphatic hydroxyl groups excluding tert-OH is 1. The van der Waals surface area contributed by atoms with Crippen molar-refractivity contribution in [2.75, 3.05) is 0 Å². The summed E-state index contributed by atoms with van der Waals surface area (Å²) in [5.74, 6) is 0. The fraction of sp³-hybridized carbons (Fsp3) is 0.143. The third-order valence-electron chi connectivity index (χ3n) is 3.16. The monoisotopic (exact) mass is 254 g/mol. The fourth-order valence-corrected chi connectivity index (χ4v) is 2.15. The Hall–Kier alpha value is -2.40. The summed E-state index contributed by atoms with van der Waals surface area (Å²) in [4.78, 5) is 0. The van der Waals surface area contributed by atoms with Gasteiger partial charge in [0.1, 0.15) is 6.10 Å². The van der Waals surface area contributed by atoms with Gasteiger partial charge in [0.2, 0.25) is 0 Å². The van der Waals surface area contributed by atoms with E-state index in [2.05, 4.69) is 15.3 Å². The SMILES string of the molecule is Cn1nccc1C(O)c1cn[nH]c1-c1ccccc1. The van der Waals surface area contributed by atoms with Crippen LogP contribution in [0.15, 0.2) is 48.8 Å². The second kappa shape index (κ2) is 4.70. The van der Waals surface area contributed by atoms with Crippen LogP contribution in [0, 0.1) is 0 Å². The van der Waals surface area contributed by atoms with Crippen LogP contribution in [0.25, 0.3) is 11.3 Å². The molecule has 0 aliphatic heterocycles. The van der Waals surface area contributed by atoms with E-state index < -0.39 is 6.10 Å². The minimum Gasteiger partial charge on any atom is -0.382 e. The van der Waals surface area contributed by atoms with Gasteiger partial charge in [-0.2, -0.15) is 10.2 Å². The molecule has 0 amide bonds. The number of benzene rings is 1. The molecule has 96 valence electrons. The van der Waals surface area contributed by atoms with Crippen LogP contribution >= 0.6 is 0 Å². The van der Waals surface area contributed by atoms with Crippen LogP contribution in [0.5, 0.6) is 0 Å². The average Bonchev–Trinajstić information content (AvgIpc) is 3.07. The summed E-state index contributed by atoms with van der Waals surface area (Å²) < 4.78 is 1.66. The summed E-state index contributed by atoms with van der Waals surface area (Å²) in [5, 5.41) is 21.5. The van der Waals surface area contributed by atoms with Crippen molar-refractivity contribution in [1.82, 2.24) is 20.0 Å². The Bertz CT molecular complexity index is 672. The molecule has 5 nitrogen and oxygen atoms in total. The average molecular weight is 254 g/mol. The van der Waals surface area contributed by atoms with Crippen molar-refractivity contribution < 1.29 is 5.11 Å². The quantitative estimate of drug-likeness (QED) is 0.750. The van der Waals surface area contributed by atoms with Gasteiger partial charge in [-0.25, -0.2) is 0 Å². The highest BCUT2D eigenvalue weighted by atomic mass is 16.3. The molecule has 19 heavy (non-hydrogen) atoms. The Morgan fingerprint density at radius 3 is 2.68 bits per heavy atom.